The first-order chi connectivity index (χ1) is 12.1. The van der Waals surface area contributed by atoms with Crippen LogP contribution in [0.2, 0.25) is 5.02 Å². The number of benzene rings is 1. The van der Waals surface area contributed by atoms with Crippen LogP contribution in [-0.4, -0.2) is 55.0 Å². The number of carbonyl (C=O) groups excluding carboxylic acids is 2. The van der Waals surface area contributed by atoms with Gasteiger partial charge in [0.05, 0.1) is 36.8 Å². The molecule has 0 spiro atoms. The van der Waals surface area contributed by atoms with E-state index in [4.69, 9.17) is 11.6 Å². The summed E-state index contributed by atoms with van der Waals surface area (Å²) in [6, 6.07) is 7.45. The normalized spacial score (nSPS) is 20.5. The molecule has 1 saturated heterocycles. The van der Waals surface area contributed by atoms with E-state index in [2.05, 4.69) is 5.32 Å². The monoisotopic (exact) mass is 364 g/mol. The molecule has 1 heterocycles. The molecule has 3 rings (SSSR count). The van der Waals surface area contributed by atoms with Gasteiger partial charge in [-0.05, 0) is 31.9 Å². The highest BCUT2D eigenvalue weighted by Gasteiger charge is 2.32. The first-order valence-corrected chi connectivity index (χ1v) is 9.63. The van der Waals surface area contributed by atoms with Gasteiger partial charge in [0.15, 0.2) is 6.04 Å². The summed E-state index contributed by atoms with van der Waals surface area (Å²) >= 11 is 6.13. The van der Waals surface area contributed by atoms with Crippen molar-refractivity contribution in [1.29, 1.82) is 0 Å². The van der Waals surface area contributed by atoms with Crippen LogP contribution >= 0.6 is 11.6 Å². The summed E-state index contributed by atoms with van der Waals surface area (Å²) in [4.78, 5) is 28.2. The van der Waals surface area contributed by atoms with Gasteiger partial charge in [-0.15, -0.1) is 0 Å². The van der Waals surface area contributed by atoms with E-state index in [1.165, 1.54) is 17.7 Å². The Morgan fingerprint density at radius 1 is 1.20 bits per heavy atom. The lowest BCUT2D eigenvalue weighted by molar-refractivity contribution is -0.917. The molecule has 2 aliphatic rings. The lowest BCUT2D eigenvalue weighted by Crippen LogP contribution is -3.19. The van der Waals surface area contributed by atoms with Crippen LogP contribution in [0.1, 0.15) is 43.0 Å². The highest BCUT2D eigenvalue weighted by atomic mass is 35.5. The second kappa shape index (κ2) is 8.19. The van der Waals surface area contributed by atoms with Crippen molar-refractivity contribution in [2.24, 2.45) is 0 Å². The lowest BCUT2D eigenvalue weighted by atomic mass is 10.1. The SMILES string of the molecule is C[C@@H](C(=O)NC1CCCC1)[NH+]1CCN(C(=O)c2ccccc2Cl)CC1. The largest absolute Gasteiger partial charge is 0.348 e. The van der Waals surface area contributed by atoms with Crippen LogP contribution in [0, 0.1) is 0 Å². The summed E-state index contributed by atoms with van der Waals surface area (Å²) in [6.45, 7) is 4.87. The van der Waals surface area contributed by atoms with Gasteiger partial charge in [0.1, 0.15) is 0 Å². The predicted molar refractivity (Wildman–Crippen MR) is 97.9 cm³/mol. The maximum atomic E-state index is 12.6. The third-order valence-electron chi connectivity index (χ3n) is 5.50. The summed E-state index contributed by atoms with van der Waals surface area (Å²) in [7, 11) is 0. The number of nitrogens with one attached hydrogen (secondary N) is 2. The molecule has 0 bridgehead atoms. The number of nitrogens with zero attached hydrogens (tertiary/aromatic N) is 1. The number of halogens is 1. The molecular formula is C19H27ClN3O2+. The maximum absolute atomic E-state index is 12.6. The Balaban J connectivity index is 1.51. The Labute approximate surface area is 154 Å². The Hall–Kier alpha value is -1.59. The van der Waals surface area contributed by atoms with E-state index in [1.807, 2.05) is 24.0 Å². The molecule has 0 aromatic heterocycles. The van der Waals surface area contributed by atoms with Gasteiger partial charge in [-0.25, -0.2) is 0 Å². The van der Waals surface area contributed by atoms with Crippen LogP contribution in [0.4, 0.5) is 0 Å². The summed E-state index contributed by atoms with van der Waals surface area (Å²) in [5.41, 5.74) is 0.555. The molecule has 2 N–H and O–H groups in total. The molecule has 5 nitrogen and oxygen atoms in total. The molecule has 1 atom stereocenters. The van der Waals surface area contributed by atoms with Crippen molar-refractivity contribution in [3.63, 3.8) is 0 Å². The van der Waals surface area contributed by atoms with Crippen molar-refractivity contribution < 1.29 is 14.5 Å². The van der Waals surface area contributed by atoms with Gasteiger partial charge in [-0.1, -0.05) is 36.6 Å². The number of hydrogen-bond acceptors (Lipinski definition) is 2. The minimum absolute atomic E-state index is 0.0206. The number of quaternary nitrogens is 1. The van der Waals surface area contributed by atoms with Crippen molar-refractivity contribution in [1.82, 2.24) is 10.2 Å². The molecule has 2 fully saturated rings. The molecule has 6 heteroatoms. The molecule has 1 saturated carbocycles. The van der Waals surface area contributed by atoms with Crippen molar-refractivity contribution >= 4 is 23.4 Å². The Bertz CT molecular complexity index is 623. The van der Waals surface area contributed by atoms with Crippen LogP contribution in [0.5, 0.6) is 0 Å². The average Bonchev–Trinajstić information content (AvgIpc) is 3.14. The van der Waals surface area contributed by atoms with Crippen molar-refractivity contribution in [3.05, 3.63) is 34.9 Å². The summed E-state index contributed by atoms with van der Waals surface area (Å²) in [6.07, 6.45) is 4.64. The van der Waals surface area contributed by atoms with Crippen LogP contribution in [0.25, 0.3) is 0 Å². The molecule has 1 aliphatic heterocycles. The Kier molecular flexibility index (Phi) is 5.97. The van der Waals surface area contributed by atoms with Gasteiger partial charge < -0.3 is 15.1 Å². The number of piperazine rings is 1. The number of hydrogen-bond donors (Lipinski definition) is 2. The average molecular weight is 365 g/mol. The molecule has 25 heavy (non-hydrogen) atoms. The minimum Gasteiger partial charge on any atom is -0.348 e. The van der Waals surface area contributed by atoms with Crippen LogP contribution < -0.4 is 10.2 Å². The first-order valence-electron chi connectivity index (χ1n) is 9.25. The second-order valence-electron chi connectivity index (χ2n) is 7.14. The summed E-state index contributed by atoms with van der Waals surface area (Å²) in [5.74, 6) is 0.125. The highest BCUT2D eigenvalue weighted by Crippen LogP contribution is 2.18. The van der Waals surface area contributed by atoms with E-state index in [0.29, 0.717) is 29.7 Å². The van der Waals surface area contributed by atoms with E-state index in [0.717, 1.165) is 25.9 Å². The molecule has 136 valence electrons. The fourth-order valence-electron chi connectivity index (χ4n) is 3.82. The van der Waals surface area contributed by atoms with Crippen molar-refractivity contribution in [2.45, 2.75) is 44.7 Å². The van der Waals surface area contributed by atoms with Gasteiger partial charge in [-0.2, -0.15) is 0 Å². The summed E-state index contributed by atoms with van der Waals surface area (Å²) in [5, 5.41) is 3.68. The zero-order valence-corrected chi connectivity index (χ0v) is 15.5. The zero-order valence-electron chi connectivity index (χ0n) is 14.8. The van der Waals surface area contributed by atoms with Gasteiger partial charge in [0.25, 0.3) is 11.8 Å². The molecule has 1 aromatic carbocycles. The summed E-state index contributed by atoms with van der Waals surface area (Å²) < 4.78 is 0. The van der Waals surface area contributed by atoms with E-state index in [-0.39, 0.29) is 17.9 Å². The van der Waals surface area contributed by atoms with Gasteiger partial charge >= 0.3 is 0 Å². The maximum Gasteiger partial charge on any atom is 0.278 e. The quantitative estimate of drug-likeness (QED) is 0.841. The van der Waals surface area contributed by atoms with Gasteiger partial charge in [0.2, 0.25) is 0 Å². The van der Waals surface area contributed by atoms with E-state index in [9.17, 15) is 9.59 Å². The number of rotatable bonds is 4. The Morgan fingerprint density at radius 2 is 1.84 bits per heavy atom. The van der Waals surface area contributed by atoms with Gasteiger partial charge in [0, 0.05) is 6.04 Å². The van der Waals surface area contributed by atoms with E-state index < -0.39 is 0 Å². The first kappa shape index (κ1) is 18.2. The third-order valence-corrected chi connectivity index (χ3v) is 5.83. The standard InChI is InChI=1S/C19H26ClN3O2/c1-14(18(24)21-15-6-2-3-7-15)22-10-12-23(13-11-22)19(25)16-8-4-5-9-17(16)20/h4-5,8-9,14-15H,2-3,6-7,10-13H2,1H3,(H,21,24)/p+1/t14-/m0/s1. The number of carbonyl (C=O) groups is 2. The highest BCUT2D eigenvalue weighted by molar-refractivity contribution is 6.33. The second-order valence-corrected chi connectivity index (χ2v) is 7.55. The van der Waals surface area contributed by atoms with Crippen molar-refractivity contribution in [3.8, 4) is 0 Å². The van der Waals surface area contributed by atoms with Crippen LogP contribution in [0.3, 0.4) is 0 Å². The molecule has 2 amide bonds. The molecule has 0 radical (unpaired) electrons. The fraction of sp³-hybridized carbons (Fsp3) is 0.579. The van der Waals surface area contributed by atoms with E-state index >= 15 is 0 Å². The van der Waals surface area contributed by atoms with Gasteiger partial charge in [-0.3, -0.25) is 9.59 Å². The van der Waals surface area contributed by atoms with E-state index in [1.54, 1.807) is 12.1 Å². The van der Waals surface area contributed by atoms with Crippen LogP contribution in [0.15, 0.2) is 24.3 Å². The zero-order chi connectivity index (χ0) is 17.8. The minimum atomic E-state index is -0.0711. The van der Waals surface area contributed by atoms with Crippen LogP contribution in [-0.2, 0) is 4.79 Å². The fourth-order valence-corrected chi connectivity index (χ4v) is 4.03. The third kappa shape index (κ3) is 4.33. The molecule has 0 unspecified atom stereocenters. The molecule has 1 aliphatic carbocycles. The molecular weight excluding hydrogens is 338 g/mol. The van der Waals surface area contributed by atoms with Crippen molar-refractivity contribution in [2.75, 3.05) is 26.2 Å². The lowest BCUT2D eigenvalue weighted by Gasteiger charge is -2.35. The Morgan fingerprint density at radius 3 is 2.48 bits per heavy atom. The predicted octanol–water partition coefficient (Wildman–Crippen LogP) is 1.13. The number of amides is 2. The molecule has 1 aromatic rings. The topological polar surface area (TPSA) is 53.9 Å². The smallest absolute Gasteiger partial charge is 0.278 e.